The molecule has 0 aromatic heterocycles. The van der Waals surface area contributed by atoms with E-state index in [2.05, 4.69) is 10.6 Å². The first-order valence-corrected chi connectivity index (χ1v) is 10.2. The van der Waals surface area contributed by atoms with E-state index in [0.717, 1.165) is 24.9 Å². The van der Waals surface area contributed by atoms with Gasteiger partial charge < -0.3 is 10.6 Å². The quantitative estimate of drug-likeness (QED) is 0.755. The molecule has 2 amide bonds. The number of amides is 2. The number of nitrogens with one attached hydrogen (secondary N) is 2. The summed E-state index contributed by atoms with van der Waals surface area (Å²) < 4.78 is 0. The van der Waals surface area contributed by atoms with Crippen molar-refractivity contribution in [2.75, 3.05) is 6.54 Å². The fraction of sp³-hybridized carbons (Fsp3) is 0.619. The molecular formula is C21H29ClN2O2. The summed E-state index contributed by atoms with van der Waals surface area (Å²) in [5.74, 6) is 0.829. The summed E-state index contributed by atoms with van der Waals surface area (Å²) in [6, 6.07) is 7.74. The molecule has 1 heterocycles. The first-order chi connectivity index (χ1) is 12.5. The second-order valence-corrected chi connectivity index (χ2v) is 8.38. The zero-order valence-electron chi connectivity index (χ0n) is 15.4. The largest absolute Gasteiger partial charge is 0.356 e. The Morgan fingerprint density at radius 3 is 2.58 bits per heavy atom. The number of hydrogen-bond donors (Lipinski definition) is 2. The number of benzene rings is 1. The van der Waals surface area contributed by atoms with Crippen LogP contribution in [0.15, 0.2) is 24.3 Å². The molecule has 1 aliphatic carbocycles. The molecule has 26 heavy (non-hydrogen) atoms. The highest BCUT2D eigenvalue weighted by Crippen LogP contribution is 2.30. The molecule has 1 aliphatic heterocycles. The Kier molecular flexibility index (Phi) is 6.58. The van der Waals surface area contributed by atoms with E-state index >= 15 is 0 Å². The maximum atomic E-state index is 12.3. The molecule has 3 rings (SSSR count). The zero-order valence-corrected chi connectivity index (χ0v) is 16.1. The first-order valence-electron chi connectivity index (χ1n) is 9.87. The minimum atomic E-state index is -0.312. The van der Waals surface area contributed by atoms with E-state index in [9.17, 15) is 9.59 Å². The molecule has 2 aliphatic rings. The highest BCUT2D eigenvalue weighted by molar-refractivity contribution is 6.30. The minimum absolute atomic E-state index is 0.0848. The van der Waals surface area contributed by atoms with Gasteiger partial charge in [0.2, 0.25) is 11.8 Å². The molecule has 2 N–H and O–H groups in total. The van der Waals surface area contributed by atoms with E-state index in [0.29, 0.717) is 30.2 Å². The van der Waals surface area contributed by atoms with Crippen molar-refractivity contribution in [1.29, 1.82) is 0 Å². The van der Waals surface area contributed by atoms with Crippen molar-refractivity contribution >= 4 is 23.4 Å². The van der Waals surface area contributed by atoms with Crippen LogP contribution in [0, 0.1) is 5.92 Å². The maximum absolute atomic E-state index is 12.3. The number of halogens is 1. The summed E-state index contributed by atoms with van der Waals surface area (Å²) in [7, 11) is 0. The Labute approximate surface area is 161 Å². The third kappa shape index (κ3) is 5.47. The lowest BCUT2D eigenvalue weighted by Crippen LogP contribution is -2.44. The second kappa shape index (κ2) is 8.90. The van der Waals surface area contributed by atoms with E-state index in [1.54, 1.807) is 0 Å². The summed E-state index contributed by atoms with van der Waals surface area (Å²) in [4.78, 5) is 24.2. The molecule has 1 aromatic carbocycles. The van der Waals surface area contributed by atoms with Crippen LogP contribution in [0.25, 0.3) is 0 Å². The summed E-state index contributed by atoms with van der Waals surface area (Å²) in [6.45, 7) is 0.801. The molecular weight excluding hydrogens is 348 g/mol. The monoisotopic (exact) mass is 376 g/mol. The van der Waals surface area contributed by atoms with Gasteiger partial charge >= 0.3 is 0 Å². The Bertz CT molecular complexity index is 625. The molecule has 5 heteroatoms. The molecule has 1 saturated carbocycles. The Morgan fingerprint density at radius 1 is 1.19 bits per heavy atom. The van der Waals surface area contributed by atoms with Gasteiger partial charge in [-0.05, 0) is 55.7 Å². The topological polar surface area (TPSA) is 58.2 Å². The Morgan fingerprint density at radius 2 is 1.92 bits per heavy atom. The predicted octanol–water partition coefficient (Wildman–Crippen LogP) is 4.01. The smallest absolute Gasteiger partial charge is 0.220 e. The molecule has 142 valence electrons. The molecule has 1 saturated heterocycles. The van der Waals surface area contributed by atoms with Gasteiger partial charge in [0, 0.05) is 29.9 Å². The summed E-state index contributed by atoms with van der Waals surface area (Å²) >= 11 is 5.96. The van der Waals surface area contributed by atoms with Crippen molar-refractivity contribution in [1.82, 2.24) is 10.6 Å². The molecule has 0 radical (unpaired) electrons. The molecule has 2 fully saturated rings. The lowest BCUT2D eigenvalue weighted by Gasteiger charge is -2.29. The Hall–Kier alpha value is -1.55. The van der Waals surface area contributed by atoms with Crippen LogP contribution in [0.2, 0.25) is 5.02 Å². The van der Waals surface area contributed by atoms with Crippen LogP contribution in [0.3, 0.4) is 0 Å². The van der Waals surface area contributed by atoms with E-state index in [1.165, 1.54) is 32.1 Å². The molecule has 0 unspecified atom stereocenters. The SMILES string of the molecule is O=C(CC[C@]1(Cc2ccc(Cl)cc2)CCC(=O)N1)NCC1CCCCC1. The molecule has 1 atom stereocenters. The second-order valence-electron chi connectivity index (χ2n) is 7.94. The van der Waals surface area contributed by atoms with Crippen LogP contribution in [-0.2, 0) is 16.0 Å². The first kappa shape index (κ1) is 19.2. The predicted molar refractivity (Wildman–Crippen MR) is 104 cm³/mol. The summed E-state index contributed by atoms with van der Waals surface area (Å²) in [5, 5.41) is 6.96. The van der Waals surface area contributed by atoms with Gasteiger partial charge in [0.1, 0.15) is 0 Å². The standard InChI is InChI=1S/C21H29ClN2O2/c22-18-8-6-16(7-9-18)14-21(13-11-20(26)24-21)12-10-19(25)23-15-17-4-2-1-3-5-17/h6-9,17H,1-5,10-15H2,(H,23,25)(H,24,26)/t21-/m1/s1. The van der Waals surface area contributed by atoms with Crippen molar-refractivity contribution in [2.24, 2.45) is 5.92 Å². The number of rotatable bonds is 7. The molecule has 4 nitrogen and oxygen atoms in total. The van der Waals surface area contributed by atoms with Gasteiger partial charge in [-0.15, -0.1) is 0 Å². The Balaban J connectivity index is 1.52. The van der Waals surface area contributed by atoms with E-state index < -0.39 is 0 Å². The van der Waals surface area contributed by atoms with Crippen molar-refractivity contribution in [3.63, 3.8) is 0 Å². The number of hydrogen-bond acceptors (Lipinski definition) is 2. The van der Waals surface area contributed by atoms with Crippen molar-refractivity contribution in [3.8, 4) is 0 Å². The maximum Gasteiger partial charge on any atom is 0.220 e. The van der Waals surface area contributed by atoms with Crippen molar-refractivity contribution in [2.45, 2.75) is 69.7 Å². The third-order valence-electron chi connectivity index (χ3n) is 5.83. The fourth-order valence-corrected chi connectivity index (χ4v) is 4.39. The summed E-state index contributed by atoms with van der Waals surface area (Å²) in [5.41, 5.74) is 0.826. The van der Waals surface area contributed by atoms with Gasteiger partial charge in [-0.3, -0.25) is 9.59 Å². The zero-order chi connectivity index (χ0) is 18.4. The van der Waals surface area contributed by atoms with Crippen LogP contribution >= 0.6 is 11.6 Å². The fourth-order valence-electron chi connectivity index (χ4n) is 4.27. The average molecular weight is 377 g/mol. The van der Waals surface area contributed by atoms with Crippen molar-refractivity contribution in [3.05, 3.63) is 34.9 Å². The average Bonchev–Trinajstić information content (AvgIpc) is 3.02. The van der Waals surface area contributed by atoms with Crippen LogP contribution in [0.4, 0.5) is 0 Å². The van der Waals surface area contributed by atoms with Gasteiger partial charge in [0.25, 0.3) is 0 Å². The molecule has 0 bridgehead atoms. The lowest BCUT2D eigenvalue weighted by atomic mass is 9.85. The number of carbonyl (C=O) groups excluding carboxylic acids is 2. The highest BCUT2D eigenvalue weighted by atomic mass is 35.5. The third-order valence-corrected chi connectivity index (χ3v) is 6.09. The van der Waals surface area contributed by atoms with Crippen LogP contribution in [0.1, 0.15) is 63.4 Å². The van der Waals surface area contributed by atoms with Gasteiger partial charge in [-0.1, -0.05) is 43.0 Å². The summed E-state index contributed by atoms with van der Waals surface area (Å²) in [6.07, 6.45) is 9.57. The van der Waals surface area contributed by atoms with Crippen LogP contribution in [0.5, 0.6) is 0 Å². The van der Waals surface area contributed by atoms with Crippen molar-refractivity contribution < 1.29 is 9.59 Å². The minimum Gasteiger partial charge on any atom is -0.356 e. The van der Waals surface area contributed by atoms with Gasteiger partial charge in [-0.25, -0.2) is 0 Å². The molecule has 0 spiro atoms. The molecule has 1 aromatic rings. The van der Waals surface area contributed by atoms with Gasteiger partial charge in [0.15, 0.2) is 0 Å². The highest BCUT2D eigenvalue weighted by Gasteiger charge is 2.37. The van der Waals surface area contributed by atoms with Crippen LogP contribution in [-0.4, -0.2) is 23.9 Å². The van der Waals surface area contributed by atoms with E-state index in [1.807, 2.05) is 24.3 Å². The van der Waals surface area contributed by atoms with E-state index in [4.69, 9.17) is 11.6 Å². The van der Waals surface area contributed by atoms with Gasteiger partial charge in [-0.2, -0.15) is 0 Å². The number of carbonyl (C=O) groups is 2. The lowest BCUT2D eigenvalue weighted by molar-refractivity contribution is -0.123. The van der Waals surface area contributed by atoms with Crippen LogP contribution < -0.4 is 10.6 Å². The van der Waals surface area contributed by atoms with E-state index in [-0.39, 0.29) is 17.4 Å². The van der Waals surface area contributed by atoms with Gasteiger partial charge in [0.05, 0.1) is 0 Å². The normalized spacial score (nSPS) is 23.7.